The zero-order chi connectivity index (χ0) is 13.1. The number of nitrogens with zero attached hydrogens (tertiary/aromatic N) is 1. The van der Waals surface area contributed by atoms with Crippen LogP contribution in [0.4, 0.5) is 4.39 Å². The van der Waals surface area contributed by atoms with Crippen LogP contribution in [-0.2, 0) is 6.42 Å². The van der Waals surface area contributed by atoms with Crippen molar-refractivity contribution in [1.82, 2.24) is 10.3 Å². The minimum absolute atomic E-state index is 0.171. The fraction of sp³-hybridized carbons (Fsp3) is 0.308. The second-order valence-corrected chi connectivity index (χ2v) is 6.29. The predicted octanol–water partition coefficient (Wildman–Crippen LogP) is 3.86. The molecule has 1 unspecified atom stereocenters. The van der Waals surface area contributed by atoms with Crippen LogP contribution in [0.1, 0.15) is 21.5 Å². The third kappa shape index (κ3) is 3.37. The maximum atomic E-state index is 13.3. The number of benzene rings is 1. The molecule has 0 radical (unpaired) electrons. The Hall–Kier alpha value is -0.780. The average Bonchev–Trinajstić information content (AvgIpc) is 2.71. The molecule has 2 aromatic rings. The lowest BCUT2D eigenvalue weighted by Crippen LogP contribution is -2.17. The third-order valence-corrected chi connectivity index (χ3v) is 4.18. The summed E-state index contributed by atoms with van der Waals surface area (Å²) in [6.07, 6.45) is 2.63. The molecule has 0 fully saturated rings. The van der Waals surface area contributed by atoms with E-state index in [2.05, 4.69) is 26.2 Å². The fourth-order valence-corrected chi connectivity index (χ4v) is 3.26. The number of likely N-dealkylation sites (N-methyl/N-ethyl adjacent to an activating group) is 1. The van der Waals surface area contributed by atoms with Crippen molar-refractivity contribution < 1.29 is 4.39 Å². The van der Waals surface area contributed by atoms with Crippen molar-refractivity contribution in [3.63, 3.8) is 0 Å². The zero-order valence-electron chi connectivity index (χ0n) is 10.2. The lowest BCUT2D eigenvalue weighted by molar-refractivity contribution is 0.590. The van der Waals surface area contributed by atoms with Crippen LogP contribution in [0, 0.1) is 12.7 Å². The van der Waals surface area contributed by atoms with Crippen molar-refractivity contribution in [1.29, 1.82) is 0 Å². The summed E-state index contributed by atoms with van der Waals surface area (Å²) in [5.74, 6) is -0.213. The van der Waals surface area contributed by atoms with Crippen LogP contribution in [0.5, 0.6) is 0 Å². The monoisotopic (exact) mass is 328 g/mol. The van der Waals surface area contributed by atoms with E-state index in [0.29, 0.717) is 0 Å². The summed E-state index contributed by atoms with van der Waals surface area (Å²) in [5, 5.41) is 4.30. The molecule has 2 nitrogen and oxygen atoms in total. The van der Waals surface area contributed by atoms with Crippen LogP contribution in [0.25, 0.3) is 0 Å². The highest BCUT2D eigenvalue weighted by Gasteiger charge is 2.13. The Balaban J connectivity index is 2.20. The van der Waals surface area contributed by atoms with Crippen molar-refractivity contribution in [3.05, 3.63) is 50.1 Å². The molecule has 0 aliphatic heterocycles. The van der Waals surface area contributed by atoms with E-state index in [0.717, 1.165) is 21.5 Å². The van der Waals surface area contributed by atoms with Crippen LogP contribution in [0.3, 0.4) is 0 Å². The molecule has 18 heavy (non-hydrogen) atoms. The second-order valence-electron chi connectivity index (χ2n) is 4.10. The van der Waals surface area contributed by atoms with Crippen molar-refractivity contribution in [3.8, 4) is 0 Å². The van der Waals surface area contributed by atoms with E-state index in [1.54, 1.807) is 17.4 Å². The summed E-state index contributed by atoms with van der Waals surface area (Å²) >= 11 is 4.98. The van der Waals surface area contributed by atoms with Gasteiger partial charge in [-0.15, -0.1) is 11.3 Å². The van der Waals surface area contributed by atoms with E-state index >= 15 is 0 Å². The standard InChI is InChI=1S/C13H14BrFN2S/c1-8-17-7-13(18-8)12(16-2)5-9-3-10(14)6-11(15)4-9/h3-4,6-7,12,16H,5H2,1-2H3. The van der Waals surface area contributed by atoms with E-state index in [9.17, 15) is 4.39 Å². The molecule has 0 aliphatic carbocycles. The van der Waals surface area contributed by atoms with Gasteiger partial charge in [-0.3, -0.25) is 0 Å². The van der Waals surface area contributed by atoms with Gasteiger partial charge in [0.05, 0.1) is 5.01 Å². The van der Waals surface area contributed by atoms with Crippen LogP contribution in [0.2, 0.25) is 0 Å². The molecule has 0 aliphatic rings. The maximum Gasteiger partial charge on any atom is 0.124 e. The first-order valence-corrected chi connectivity index (χ1v) is 7.24. The number of thiazole rings is 1. The lowest BCUT2D eigenvalue weighted by Gasteiger charge is -2.14. The van der Waals surface area contributed by atoms with Gasteiger partial charge in [0, 0.05) is 21.6 Å². The summed E-state index contributed by atoms with van der Waals surface area (Å²) in [5.41, 5.74) is 0.965. The van der Waals surface area contributed by atoms with E-state index in [1.165, 1.54) is 10.9 Å². The van der Waals surface area contributed by atoms with Gasteiger partial charge in [0.15, 0.2) is 0 Å². The van der Waals surface area contributed by atoms with E-state index < -0.39 is 0 Å². The molecule has 1 N–H and O–H groups in total. The molecule has 0 spiro atoms. The van der Waals surface area contributed by atoms with Crippen molar-refractivity contribution in [2.75, 3.05) is 7.05 Å². The first kappa shape index (κ1) is 13.6. The highest BCUT2D eigenvalue weighted by molar-refractivity contribution is 9.10. The van der Waals surface area contributed by atoms with E-state index in [4.69, 9.17) is 0 Å². The second kappa shape index (κ2) is 5.91. The Kier molecular flexibility index (Phi) is 4.48. The fourth-order valence-electron chi connectivity index (χ4n) is 1.85. The van der Waals surface area contributed by atoms with Crippen LogP contribution in [-0.4, -0.2) is 12.0 Å². The smallest absolute Gasteiger partial charge is 0.124 e. The van der Waals surface area contributed by atoms with Gasteiger partial charge in [0.25, 0.3) is 0 Å². The minimum Gasteiger partial charge on any atom is -0.312 e. The third-order valence-electron chi connectivity index (χ3n) is 2.69. The van der Waals surface area contributed by atoms with E-state index in [-0.39, 0.29) is 11.9 Å². The predicted molar refractivity (Wildman–Crippen MR) is 76.5 cm³/mol. The van der Waals surface area contributed by atoms with Gasteiger partial charge in [-0.05, 0) is 44.2 Å². The number of hydrogen-bond donors (Lipinski definition) is 1. The number of rotatable bonds is 4. The van der Waals surface area contributed by atoms with Gasteiger partial charge in [-0.1, -0.05) is 15.9 Å². The quantitative estimate of drug-likeness (QED) is 0.921. The number of halogens is 2. The topological polar surface area (TPSA) is 24.9 Å². The maximum absolute atomic E-state index is 13.3. The summed E-state index contributed by atoms with van der Waals surface area (Å²) in [4.78, 5) is 5.43. The molecule has 0 bridgehead atoms. The Labute approximate surface area is 118 Å². The first-order valence-electron chi connectivity index (χ1n) is 5.63. The van der Waals surface area contributed by atoms with Crippen LogP contribution in [0.15, 0.2) is 28.9 Å². The number of aryl methyl sites for hydroxylation is 1. The molecule has 1 aromatic carbocycles. The lowest BCUT2D eigenvalue weighted by atomic mass is 10.1. The van der Waals surface area contributed by atoms with Gasteiger partial charge in [-0.25, -0.2) is 9.37 Å². The Bertz CT molecular complexity index is 521. The molecule has 2 rings (SSSR count). The van der Waals surface area contributed by atoms with Crippen molar-refractivity contribution >= 4 is 27.3 Å². The highest BCUT2D eigenvalue weighted by Crippen LogP contribution is 2.25. The van der Waals surface area contributed by atoms with Crippen LogP contribution >= 0.6 is 27.3 Å². The summed E-state index contributed by atoms with van der Waals surface area (Å²) in [6.45, 7) is 1.99. The number of nitrogens with one attached hydrogen (secondary N) is 1. The van der Waals surface area contributed by atoms with Gasteiger partial charge in [0.2, 0.25) is 0 Å². The molecule has 1 aromatic heterocycles. The molecule has 0 amide bonds. The highest BCUT2D eigenvalue weighted by atomic mass is 79.9. The first-order chi connectivity index (χ1) is 8.58. The molecule has 0 saturated carbocycles. The molecule has 0 saturated heterocycles. The zero-order valence-corrected chi connectivity index (χ0v) is 12.6. The van der Waals surface area contributed by atoms with E-state index in [1.807, 2.05) is 26.2 Å². The van der Waals surface area contributed by atoms with Crippen molar-refractivity contribution in [2.45, 2.75) is 19.4 Å². The molecule has 96 valence electrons. The molecular weight excluding hydrogens is 315 g/mol. The van der Waals surface area contributed by atoms with Gasteiger partial charge < -0.3 is 5.32 Å². The van der Waals surface area contributed by atoms with Crippen molar-refractivity contribution in [2.24, 2.45) is 0 Å². The molecule has 1 atom stereocenters. The number of hydrogen-bond acceptors (Lipinski definition) is 3. The van der Waals surface area contributed by atoms with Gasteiger partial charge in [0.1, 0.15) is 5.82 Å². The SMILES string of the molecule is CNC(Cc1cc(F)cc(Br)c1)c1cnc(C)s1. The molecular formula is C13H14BrFN2S. The Morgan fingerprint density at radius 2 is 2.22 bits per heavy atom. The molecule has 5 heteroatoms. The largest absolute Gasteiger partial charge is 0.312 e. The van der Waals surface area contributed by atoms with Gasteiger partial charge in [-0.2, -0.15) is 0 Å². The Morgan fingerprint density at radius 3 is 2.78 bits per heavy atom. The summed E-state index contributed by atoms with van der Waals surface area (Å²) in [7, 11) is 1.91. The normalized spacial score (nSPS) is 12.7. The average molecular weight is 329 g/mol. The van der Waals surface area contributed by atoms with Crippen LogP contribution < -0.4 is 5.32 Å². The summed E-state index contributed by atoms with van der Waals surface area (Å²) in [6, 6.07) is 5.16. The molecule has 1 heterocycles. The Morgan fingerprint density at radius 1 is 1.44 bits per heavy atom. The minimum atomic E-state index is -0.213. The summed E-state index contributed by atoms with van der Waals surface area (Å²) < 4.78 is 14.1. The number of aromatic nitrogens is 1. The van der Waals surface area contributed by atoms with Gasteiger partial charge >= 0.3 is 0 Å².